The van der Waals surface area contributed by atoms with E-state index in [2.05, 4.69) is 16.9 Å². The first-order valence-corrected chi connectivity index (χ1v) is 9.31. The molecule has 156 valence electrons. The number of oxazole rings is 1. The first-order chi connectivity index (χ1) is 14.1. The Morgan fingerprint density at radius 3 is 2.47 bits per heavy atom. The lowest BCUT2D eigenvalue weighted by atomic mass is 10.1. The van der Waals surface area contributed by atoms with Gasteiger partial charge in [0.15, 0.2) is 5.69 Å². The molecular weight excluding hydrogens is 390 g/mol. The normalized spacial score (nSPS) is 11.8. The number of allylic oxidation sites excluding steroid dienone is 1. The van der Waals surface area contributed by atoms with Crippen molar-refractivity contribution in [3.05, 3.63) is 82.8 Å². The Bertz CT molecular complexity index is 1100. The van der Waals surface area contributed by atoms with Crippen molar-refractivity contribution in [3.63, 3.8) is 0 Å². The number of nitrogens with zero attached hydrogens (tertiary/aromatic N) is 1. The summed E-state index contributed by atoms with van der Waals surface area (Å²) in [4.78, 5) is 16.5. The zero-order valence-corrected chi connectivity index (χ0v) is 17.2. The molecule has 1 heterocycles. The monoisotopic (exact) mass is 412 g/mol. The molecule has 0 unspecified atom stereocenters. The van der Waals surface area contributed by atoms with E-state index in [-0.39, 0.29) is 17.3 Å². The average molecular weight is 412 g/mol. The molecule has 5 nitrogen and oxygen atoms in total. The van der Waals surface area contributed by atoms with Gasteiger partial charge in [0.05, 0.1) is 6.04 Å². The van der Waals surface area contributed by atoms with Crippen molar-refractivity contribution in [2.24, 2.45) is 0 Å². The number of rotatable bonds is 6. The standard InChI is InChI=1S/C23H22F2N2O3/c1-12(2)16-6-13(3)7-18(8-16)30-23-27-21(11-29-23)22(28)26-15(5)17-9-19(24)14(4)20(25)10-17/h6-11,15H,1H2,2-5H3,(H,26,28)/t15-/m1/s1. The van der Waals surface area contributed by atoms with Crippen molar-refractivity contribution in [2.75, 3.05) is 0 Å². The van der Waals surface area contributed by atoms with E-state index >= 15 is 0 Å². The summed E-state index contributed by atoms with van der Waals surface area (Å²) in [6.45, 7) is 10.7. The second kappa shape index (κ2) is 8.49. The summed E-state index contributed by atoms with van der Waals surface area (Å²) in [6, 6.07) is 7.32. The summed E-state index contributed by atoms with van der Waals surface area (Å²) in [5.41, 5.74) is 2.99. The lowest BCUT2D eigenvalue weighted by molar-refractivity contribution is 0.0934. The maximum absolute atomic E-state index is 13.8. The minimum Gasteiger partial charge on any atom is -0.416 e. The van der Waals surface area contributed by atoms with Crippen molar-refractivity contribution in [3.8, 4) is 11.8 Å². The number of benzene rings is 2. The molecule has 7 heteroatoms. The van der Waals surface area contributed by atoms with E-state index in [4.69, 9.17) is 9.15 Å². The van der Waals surface area contributed by atoms with E-state index in [9.17, 15) is 13.6 Å². The molecule has 1 amide bonds. The second-order valence-corrected chi connectivity index (χ2v) is 7.22. The third-order valence-corrected chi connectivity index (χ3v) is 4.62. The number of aromatic nitrogens is 1. The summed E-state index contributed by atoms with van der Waals surface area (Å²) in [5.74, 6) is -1.40. The molecule has 3 aromatic rings. The molecular formula is C23H22F2N2O3. The molecule has 2 aromatic carbocycles. The van der Waals surface area contributed by atoms with Gasteiger partial charge in [-0.15, -0.1) is 0 Å². The molecule has 3 rings (SSSR count). The van der Waals surface area contributed by atoms with Crippen LogP contribution < -0.4 is 10.1 Å². The van der Waals surface area contributed by atoms with Gasteiger partial charge in [0.25, 0.3) is 5.91 Å². The maximum atomic E-state index is 13.8. The Labute approximate surface area is 173 Å². The fourth-order valence-electron chi connectivity index (χ4n) is 2.83. The molecule has 0 saturated carbocycles. The van der Waals surface area contributed by atoms with E-state index in [0.717, 1.165) is 23.0 Å². The molecule has 1 N–H and O–H groups in total. The van der Waals surface area contributed by atoms with Gasteiger partial charge in [-0.05, 0) is 68.7 Å². The second-order valence-electron chi connectivity index (χ2n) is 7.22. The van der Waals surface area contributed by atoms with Gasteiger partial charge in [0, 0.05) is 5.56 Å². The first-order valence-electron chi connectivity index (χ1n) is 9.31. The van der Waals surface area contributed by atoms with Gasteiger partial charge < -0.3 is 14.5 Å². The molecule has 0 saturated heterocycles. The predicted octanol–water partition coefficient (Wildman–Crippen LogP) is 5.89. The summed E-state index contributed by atoms with van der Waals surface area (Å²) in [7, 11) is 0. The van der Waals surface area contributed by atoms with Crippen LogP contribution in [0.15, 0.2) is 47.6 Å². The molecule has 0 aliphatic carbocycles. The van der Waals surface area contributed by atoms with Gasteiger partial charge in [0.2, 0.25) is 0 Å². The fourth-order valence-corrected chi connectivity index (χ4v) is 2.83. The van der Waals surface area contributed by atoms with Crippen molar-refractivity contribution >= 4 is 11.5 Å². The molecule has 0 bridgehead atoms. The highest BCUT2D eigenvalue weighted by Gasteiger charge is 2.18. The van der Waals surface area contributed by atoms with E-state index in [1.807, 2.05) is 19.9 Å². The summed E-state index contributed by atoms with van der Waals surface area (Å²) >= 11 is 0. The number of hydrogen-bond donors (Lipinski definition) is 1. The van der Waals surface area contributed by atoms with Gasteiger partial charge in [-0.25, -0.2) is 8.78 Å². The van der Waals surface area contributed by atoms with Crippen LogP contribution in [-0.4, -0.2) is 10.9 Å². The van der Waals surface area contributed by atoms with Crippen molar-refractivity contribution in [2.45, 2.75) is 33.7 Å². The average Bonchev–Trinajstić information content (AvgIpc) is 3.13. The maximum Gasteiger partial charge on any atom is 0.399 e. The van der Waals surface area contributed by atoms with Crippen LogP contribution in [-0.2, 0) is 0 Å². The zero-order chi connectivity index (χ0) is 22.0. The van der Waals surface area contributed by atoms with Crippen molar-refractivity contribution in [1.29, 1.82) is 0 Å². The van der Waals surface area contributed by atoms with Crippen LogP contribution in [0.4, 0.5) is 8.78 Å². The van der Waals surface area contributed by atoms with E-state index < -0.39 is 23.6 Å². The molecule has 1 atom stereocenters. The summed E-state index contributed by atoms with van der Waals surface area (Å²) in [6.07, 6.45) is 1.06. The number of carbonyl (C=O) groups excluding carboxylic acids is 1. The zero-order valence-electron chi connectivity index (χ0n) is 17.2. The minimum absolute atomic E-state index is 0.0160. The number of halogens is 2. The minimum atomic E-state index is -0.671. The Kier molecular flexibility index (Phi) is 6.01. The first kappa shape index (κ1) is 21.2. The van der Waals surface area contributed by atoms with E-state index in [1.165, 1.54) is 19.1 Å². The number of hydrogen-bond acceptors (Lipinski definition) is 4. The van der Waals surface area contributed by atoms with E-state index in [0.29, 0.717) is 11.3 Å². The molecule has 0 radical (unpaired) electrons. The Morgan fingerprint density at radius 1 is 1.17 bits per heavy atom. The Balaban J connectivity index is 1.71. The number of aryl methyl sites for hydroxylation is 1. The van der Waals surface area contributed by atoms with Crippen LogP contribution in [0.1, 0.15) is 52.6 Å². The number of nitrogens with one attached hydrogen (secondary N) is 1. The summed E-state index contributed by atoms with van der Waals surface area (Å²) < 4.78 is 38.4. The molecule has 0 spiro atoms. The topological polar surface area (TPSA) is 64.4 Å². The van der Waals surface area contributed by atoms with Gasteiger partial charge in [-0.2, -0.15) is 4.98 Å². The van der Waals surface area contributed by atoms with Crippen LogP contribution in [0.3, 0.4) is 0 Å². The van der Waals surface area contributed by atoms with Crippen LogP contribution in [0.5, 0.6) is 11.8 Å². The van der Waals surface area contributed by atoms with Crippen LogP contribution >= 0.6 is 0 Å². The largest absolute Gasteiger partial charge is 0.416 e. The van der Waals surface area contributed by atoms with Crippen molar-refractivity contribution in [1.82, 2.24) is 10.3 Å². The lowest BCUT2D eigenvalue weighted by Gasteiger charge is -2.14. The highest BCUT2D eigenvalue weighted by molar-refractivity contribution is 5.92. The highest BCUT2D eigenvalue weighted by Crippen LogP contribution is 2.26. The summed E-state index contributed by atoms with van der Waals surface area (Å²) in [5, 5.41) is 2.63. The third kappa shape index (κ3) is 4.74. The van der Waals surface area contributed by atoms with E-state index in [1.54, 1.807) is 19.1 Å². The van der Waals surface area contributed by atoms with Crippen LogP contribution in [0.25, 0.3) is 5.57 Å². The molecule has 0 aliphatic heterocycles. The van der Waals surface area contributed by atoms with Gasteiger partial charge >= 0.3 is 6.08 Å². The predicted molar refractivity (Wildman–Crippen MR) is 109 cm³/mol. The SMILES string of the molecule is C=C(C)c1cc(C)cc(Oc2nc(C(=O)N[C@H](C)c3cc(F)c(C)c(F)c3)co2)c1. The smallest absolute Gasteiger partial charge is 0.399 e. The molecule has 0 fully saturated rings. The molecule has 1 aromatic heterocycles. The van der Waals surface area contributed by atoms with Gasteiger partial charge in [-0.3, -0.25) is 4.79 Å². The molecule has 30 heavy (non-hydrogen) atoms. The lowest BCUT2D eigenvalue weighted by Crippen LogP contribution is -2.27. The van der Waals surface area contributed by atoms with Crippen molar-refractivity contribution < 1.29 is 22.7 Å². The number of carbonyl (C=O) groups is 1. The number of amides is 1. The fraction of sp³-hybridized carbons (Fsp3) is 0.217. The number of ether oxygens (including phenoxy) is 1. The van der Waals surface area contributed by atoms with Crippen LogP contribution in [0.2, 0.25) is 0 Å². The highest BCUT2D eigenvalue weighted by atomic mass is 19.1. The third-order valence-electron chi connectivity index (χ3n) is 4.62. The quantitative estimate of drug-likeness (QED) is 0.549. The van der Waals surface area contributed by atoms with Crippen LogP contribution in [0, 0.1) is 25.5 Å². The Morgan fingerprint density at radius 2 is 1.83 bits per heavy atom. The van der Waals surface area contributed by atoms with Gasteiger partial charge in [-0.1, -0.05) is 18.2 Å². The molecule has 0 aliphatic rings. The Hall–Kier alpha value is -3.48. The van der Waals surface area contributed by atoms with Gasteiger partial charge in [0.1, 0.15) is 23.6 Å².